The van der Waals surface area contributed by atoms with Crippen molar-refractivity contribution < 1.29 is 4.79 Å². The second-order valence-electron chi connectivity index (χ2n) is 6.13. The third kappa shape index (κ3) is 3.05. The van der Waals surface area contributed by atoms with Gasteiger partial charge in [0.2, 0.25) is 5.91 Å². The molecule has 2 saturated carbocycles. The van der Waals surface area contributed by atoms with Gasteiger partial charge in [0, 0.05) is 12.0 Å². The lowest BCUT2D eigenvalue weighted by Gasteiger charge is -2.19. The van der Waals surface area contributed by atoms with Crippen LogP contribution in [0.25, 0.3) is 0 Å². The maximum atomic E-state index is 12.4. The standard InChI is InChI=1S/C16H20Cl2N2O/c17-13-5-2-4-10(15(13)18)11-7-12(11)16(21)20-14-6-1-3-9(14)8-19/h2,4-5,9,11-12,14H,1,3,6-8,19H2,(H,20,21). The van der Waals surface area contributed by atoms with E-state index >= 15 is 0 Å². The second kappa shape index (κ2) is 6.15. The Hall–Kier alpha value is -0.770. The first-order chi connectivity index (χ1) is 10.1. The van der Waals surface area contributed by atoms with E-state index in [0.29, 0.717) is 22.5 Å². The van der Waals surface area contributed by atoms with Crippen LogP contribution < -0.4 is 11.1 Å². The highest BCUT2D eigenvalue weighted by Gasteiger charge is 2.46. The molecule has 0 radical (unpaired) electrons. The Bertz CT molecular complexity index is 549. The fourth-order valence-corrected chi connectivity index (χ4v) is 3.88. The van der Waals surface area contributed by atoms with Gasteiger partial charge in [-0.25, -0.2) is 0 Å². The third-order valence-corrected chi connectivity index (χ3v) is 5.63. The number of hydrogen-bond donors (Lipinski definition) is 2. The molecule has 0 saturated heterocycles. The Labute approximate surface area is 135 Å². The Morgan fingerprint density at radius 2 is 2.14 bits per heavy atom. The predicted octanol–water partition coefficient (Wildman–Crippen LogP) is 3.34. The first-order valence-corrected chi connectivity index (χ1v) is 8.31. The van der Waals surface area contributed by atoms with Crippen LogP contribution in [0.4, 0.5) is 0 Å². The van der Waals surface area contributed by atoms with Crippen molar-refractivity contribution in [2.24, 2.45) is 17.6 Å². The summed E-state index contributed by atoms with van der Waals surface area (Å²) in [5.41, 5.74) is 6.75. The monoisotopic (exact) mass is 326 g/mol. The highest BCUT2D eigenvalue weighted by Crippen LogP contribution is 2.50. The molecule has 3 nitrogen and oxygen atoms in total. The molecule has 2 fully saturated rings. The Morgan fingerprint density at radius 1 is 1.33 bits per heavy atom. The fraction of sp³-hybridized carbons (Fsp3) is 0.562. The van der Waals surface area contributed by atoms with E-state index in [2.05, 4.69) is 5.32 Å². The Kier molecular flexibility index (Phi) is 4.43. The first kappa shape index (κ1) is 15.1. The minimum atomic E-state index is 0.0278. The van der Waals surface area contributed by atoms with Gasteiger partial charge in [-0.2, -0.15) is 0 Å². The maximum absolute atomic E-state index is 12.4. The molecule has 0 heterocycles. The van der Waals surface area contributed by atoms with Crippen LogP contribution in [0, 0.1) is 11.8 Å². The van der Waals surface area contributed by atoms with E-state index in [9.17, 15) is 4.79 Å². The maximum Gasteiger partial charge on any atom is 0.223 e. The van der Waals surface area contributed by atoms with Gasteiger partial charge in [-0.1, -0.05) is 41.8 Å². The van der Waals surface area contributed by atoms with E-state index in [1.807, 2.05) is 12.1 Å². The summed E-state index contributed by atoms with van der Waals surface area (Å²) in [5.74, 6) is 0.802. The molecular weight excluding hydrogens is 307 g/mol. The molecule has 0 spiro atoms. The molecule has 3 rings (SSSR count). The average molecular weight is 327 g/mol. The van der Waals surface area contributed by atoms with E-state index in [1.165, 1.54) is 0 Å². The van der Waals surface area contributed by atoms with Crippen LogP contribution >= 0.6 is 23.2 Å². The van der Waals surface area contributed by atoms with Crippen LogP contribution in [0.3, 0.4) is 0 Å². The number of nitrogens with one attached hydrogen (secondary N) is 1. The molecular formula is C16H20Cl2N2O. The van der Waals surface area contributed by atoms with Crippen molar-refractivity contribution in [1.82, 2.24) is 5.32 Å². The smallest absolute Gasteiger partial charge is 0.223 e. The molecule has 4 unspecified atom stereocenters. The molecule has 114 valence electrons. The minimum absolute atomic E-state index is 0.0278. The highest BCUT2D eigenvalue weighted by molar-refractivity contribution is 6.42. The van der Waals surface area contributed by atoms with Gasteiger partial charge >= 0.3 is 0 Å². The summed E-state index contributed by atoms with van der Waals surface area (Å²) in [7, 11) is 0. The van der Waals surface area contributed by atoms with Crippen molar-refractivity contribution in [2.45, 2.75) is 37.6 Å². The minimum Gasteiger partial charge on any atom is -0.353 e. The largest absolute Gasteiger partial charge is 0.353 e. The van der Waals surface area contributed by atoms with Gasteiger partial charge in [0.15, 0.2) is 0 Å². The molecule has 1 aromatic rings. The van der Waals surface area contributed by atoms with Gasteiger partial charge in [-0.3, -0.25) is 4.79 Å². The summed E-state index contributed by atoms with van der Waals surface area (Å²) in [6.07, 6.45) is 4.17. The number of carbonyl (C=O) groups excluding carboxylic acids is 1. The van der Waals surface area contributed by atoms with Crippen molar-refractivity contribution in [2.75, 3.05) is 6.54 Å². The van der Waals surface area contributed by atoms with E-state index in [0.717, 1.165) is 31.2 Å². The number of amides is 1. The van der Waals surface area contributed by atoms with E-state index in [4.69, 9.17) is 28.9 Å². The average Bonchev–Trinajstić information content (AvgIpc) is 3.15. The normalized spacial score (nSPS) is 31.2. The molecule has 0 aliphatic heterocycles. The summed E-state index contributed by atoms with van der Waals surface area (Å²) >= 11 is 12.3. The van der Waals surface area contributed by atoms with Crippen molar-refractivity contribution in [3.8, 4) is 0 Å². The SMILES string of the molecule is NCC1CCCC1NC(=O)C1CC1c1cccc(Cl)c1Cl. The van der Waals surface area contributed by atoms with Crippen LogP contribution in [0.5, 0.6) is 0 Å². The summed E-state index contributed by atoms with van der Waals surface area (Å²) in [6, 6.07) is 5.87. The van der Waals surface area contributed by atoms with Crippen molar-refractivity contribution in [3.05, 3.63) is 33.8 Å². The van der Waals surface area contributed by atoms with Crippen LogP contribution in [-0.2, 0) is 4.79 Å². The van der Waals surface area contributed by atoms with Crippen LogP contribution in [-0.4, -0.2) is 18.5 Å². The van der Waals surface area contributed by atoms with Gasteiger partial charge in [-0.15, -0.1) is 0 Å². The van der Waals surface area contributed by atoms with Crippen LogP contribution in [0.1, 0.15) is 37.2 Å². The number of hydrogen-bond acceptors (Lipinski definition) is 2. The van der Waals surface area contributed by atoms with Gasteiger partial charge in [-0.05, 0) is 49.3 Å². The molecule has 2 aliphatic rings. The van der Waals surface area contributed by atoms with E-state index in [1.54, 1.807) is 6.07 Å². The molecule has 0 bridgehead atoms. The number of rotatable bonds is 4. The van der Waals surface area contributed by atoms with Crippen molar-refractivity contribution >= 4 is 29.1 Å². The molecule has 21 heavy (non-hydrogen) atoms. The number of halogens is 2. The van der Waals surface area contributed by atoms with E-state index < -0.39 is 0 Å². The quantitative estimate of drug-likeness (QED) is 0.891. The lowest BCUT2D eigenvalue weighted by Crippen LogP contribution is -2.40. The first-order valence-electron chi connectivity index (χ1n) is 7.56. The highest BCUT2D eigenvalue weighted by atomic mass is 35.5. The Morgan fingerprint density at radius 3 is 2.90 bits per heavy atom. The summed E-state index contributed by atoms with van der Waals surface area (Å²) in [5, 5.41) is 4.32. The third-order valence-electron chi connectivity index (χ3n) is 4.80. The van der Waals surface area contributed by atoms with Gasteiger partial charge in [0.1, 0.15) is 0 Å². The number of nitrogens with two attached hydrogens (primary N) is 1. The van der Waals surface area contributed by atoms with Gasteiger partial charge in [0.25, 0.3) is 0 Å². The molecule has 4 atom stereocenters. The van der Waals surface area contributed by atoms with Crippen molar-refractivity contribution in [3.63, 3.8) is 0 Å². The summed E-state index contributed by atoms with van der Waals surface area (Å²) < 4.78 is 0. The molecule has 1 aromatic carbocycles. The van der Waals surface area contributed by atoms with Crippen LogP contribution in [0.2, 0.25) is 10.0 Å². The predicted molar refractivity (Wildman–Crippen MR) is 85.6 cm³/mol. The van der Waals surface area contributed by atoms with Gasteiger partial charge < -0.3 is 11.1 Å². The van der Waals surface area contributed by atoms with E-state index in [-0.39, 0.29) is 23.8 Å². The molecule has 0 aromatic heterocycles. The summed E-state index contributed by atoms with van der Waals surface area (Å²) in [4.78, 5) is 12.4. The zero-order chi connectivity index (χ0) is 15.0. The van der Waals surface area contributed by atoms with Crippen molar-refractivity contribution in [1.29, 1.82) is 0 Å². The molecule has 2 aliphatic carbocycles. The lowest BCUT2D eigenvalue weighted by molar-refractivity contribution is -0.123. The Balaban J connectivity index is 1.62. The fourth-order valence-electron chi connectivity index (χ4n) is 3.43. The number of carbonyl (C=O) groups is 1. The molecule has 3 N–H and O–H groups in total. The zero-order valence-electron chi connectivity index (χ0n) is 11.8. The summed E-state index contributed by atoms with van der Waals surface area (Å²) in [6.45, 7) is 0.652. The number of benzene rings is 1. The van der Waals surface area contributed by atoms with Gasteiger partial charge in [0.05, 0.1) is 10.0 Å². The topological polar surface area (TPSA) is 55.1 Å². The lowest BCUT2D eigenvalue weighted by atomic mass is 10.0. The molecule has 5 heteroatoms. The molecule has 1 amide bonds. The second-order valence-corrected chi connectivity index (χ2v) is 6.92. The zero-order valence-corrected chi connectivity index (χ0v) is 13.3. The van der Waals surface area contributed by atoms with Crippen LogP contribution in [0.15, 0.2) is 18.2 Å².